The zero-order chi connectivity index (χ0) is 12.3. The van der Waals surface area contributed by atoms with Gasteiger partial charge in [0, 0.05) is 12.2 Å². The molecular formula is C12H16BrN5. The lowest BCUT2D eigenvalue weighted by atomic mass is 10.0. The van der Waals surface area contributed by atoms with Crippen molar-refractivity contribution in [1.82, 2.24) is 9.97 Å². The van der Waals surface area contributed by atoms with E-state index in [0.717, 1.165) is 34.0 Å². The first-order valence-corrected chi connectivity index (χ1v) is 7.33. The molecule has 0 amide bonds. The fourth-order valence-corrected chi connectivity index (χ4v) is 4.52. The molecule has 6 heteroatoms. The first-order valence-electron chi connectivity index (χ1n) is 6.53. The Kier molecular flexibility index (Phi) is 2.32. The molecule has 4 unspecified atom stereocenters. The van der Waals surface area contributed by atoms with Crippen LogP contribution in [0.3, 0.4) is 0 Å². The summed E-state index contributed by atoms with van der Waals surface area (Å²) in [6.07, 6.45) is 6.07. The van der Waals surface area contributed by atoms with E-state index in [1.807, 2.05) is 0 Å². The largest absolute Gasteiger partial charge is 0.366 e. The van der Waals surface area contributed by atoms with Crippen molar-refractivity contribution in [3.63, 3.8) is 0 Å². The second-order valence-electron chi connectivity index (χ2n) is 5.69. The number of nitrogens with one attached hydrogen (secondary N) is 2. The molecule has 0 radical (unpaired) electrons. The Balaban J connectivity index is 1.53. The van der Waals surface area contributed by atoms with Crippen molar-refractivity contribution in [2.45, 2.75) is 25.3 Å². The third kappa shape index (κ3) is 1.48. The molecule has 1 aromatic rings. The van der Waals surface area contributed by atoms with Crippen LogP contribution < -0.4 is 16.6 Å². The molecule has 96 valence electrons. The average molecular weight is 310 g/mol. The molecular weight excluding hydrogens is 294 g/mol. The molecule has 18 heavy (non-hydrogen) atoms. The van der Waals surface area contributed by atoms with Crippen LogP contribution in [0, 0.1) is 23.7 Å². The molecule has 3 aliphatic rings. The summed E-state index contributed by atoms with van der Waals surface area (Å²) in [4.78, 5) is 8.43. The zero-order valence-electron chi connectivity index (χ0n) is 9.94. The number of nitrogens with two attached hydrogens (primary N) is 1. The molecule has 4 atom stereocenters. The molecule has 2 bridgehead atoms. The Labute approximate surface area is 114 Å². The summed E-state index contributed by atoms with van der Waals surface area (Å²) in [5.41, 5.74) is 2.49. The number of nitrogen functional groups attached to an aromatic ring is 1. The normalized spacial score (nSPS) is 39.6. The SMILES string of the molecule is NNc1ncc(Br)c(NC2C3C4CCC(C4)C23)n1. The quantitative estimate of drug-likeness (QED) is 0.588. The van der Waals surface area contributed by atoms with Gasteiger partial charge in [-0.15, -0.1) is 0 Å². The first-order chi connectivity index (χ1) is 8.78. The Morgan fingerprint density at radius 2 is 2.00 bits per heavy atom. The third-order valence-corrected chi connectivity index (χ3v) is 5.49. The number of fused-ring (bicyclic) bond motifs is 5. The lowest BCUT2D eigenvalue weighted by Crippen LogP contribution is -2.16. The molecule has 3 saturated carbocycles. The zero-order valence-corrected chi connectivity index (χ0v) is 11.5. The summed E-state index contributed by atoms with van der Waals surface area (Å²) in [5.74, 6) is 10.4. The Morgan fingerprint density at radius 3 is 2.67 bits per heavy atom. The maximum Gasteiger partial charge on any atom is 0.239 e. The van der Waals surface area contributed by atoms with Gasteiger partial charge in [-0.25, -0.2) is 10.8 Å². The summed E-state index contributed by atoms with van der Waals surface area (Å²) in [6, 6.07) is 0.619. The number of hydrazine groups is 1. The lowest BCUT2D eigenvalue weighted by Gasteiger charge is -2.12. The van der Waals surface area contributed by atoms with Crippen LogP contribution in [-0.2, 0) is 0 Å². The van der Waals surface area contributed by atoms with Crippen molar-refractivity contribution in [3.8, 4) is 0 Å². The predicted octanol–water partition coefficient (Wildman–Crippen LogP) is 1.98. The van der Waals surface area contributed by atoms with E-state index in [0.29, 0.717) is 12.0 Å². The van der Waals surface area contributed by atoms with Crippen molar-refractivity contribution < 1.29 is 0 Å². The van der Waals surface area contributed by atoms with Gasteiger partial charge in [-0.1, -0.05) is 0 Å². The minimum absolute atomic E-state index is 0.453. The standard InChI is InChI=1S/C12H16BrN5/c13-7-4-15-12(18-14)17-11(7)16-10-8-5-1-2-6(3-5)9(8)10/h4-6,8-10H,1-3,14H2,(H2,15,16,17,18). The second kappa shape index (κ2) is 3.81. The minimum Gasteiger partial charge on any atom is -0.366 e. The van der Waals surface area contributed by atoms with Gasteiger partial charge in [0.05, 0.1) is 4.47 Å². The molecule has 0 aliphatic heterocycles. The number of halogens is 1. The minimum atomic E-state index is 0.453. The van der Waals surface area contributed by atoms with E-state index in [4.69, 9.17) is 5.84 Å². The van der Waals surface area contributed by atoms with Gasteiger partial charge in [0.25, 0.3) is 0 Å². The lowest BCUT2D eigenvalue weighted by molar-refractivity contribution is 0.456. The summed E-state index contributed by atoms with van der Waals surface area (Å²) in [5, 5.41) is 3.57. The van der Waals surface area contributed by atoms with Crippen LogP contribution in [0.2, 0.25) is 0 Å². The van der Waals surface area contributed by atoms with E-state index in [9.17, 15) is 0 Å². The predicted molar refractivity (Wildman–Crippen MR) is 72.8 cm³/mol. The Hall–Kier alpha value is -0.880. The molecule has 0 saturated heterocycles. The van der Waals surface area contributed by atoms with Crippen molar-refractivity contribution in [2.24, 2.45) is 29.5 Å². The number of aromatic nitrogens is 2. The average Bonchev–Trinajstić information content (AvgIpc) is 2.79. The van der Waals surface area contributed by atoms with Crippen LogP contribution >= 0.6 is 15.9 Å². The van der Waals surface area contributed by atoms with Gasteiger partial charge in [0.2, 0.25) is 5.95 Å². The van der Waals surface area contributed by atoms with Crippen LogP contribution in [0.15, 0.2) is 10.7 Å². The topological polar surface area (TPSA) is 75.9 Å². The highest BCUT2D eigenvalue weighted by Gasteiger charge is 2.65. The van der Waals surface area contributed by atoms with Gasteiger partial charge in [-0.05, 0) is 58.9 Å². The Morgan fingerprint density at radius 1 is 1.28 bits per heavy atom. The van der Waals surface area contributed by atoms with E-state index in [-0.39, 0.29) is 0 Å². The van der Waals surface area contributed by atoms with Gasteiger partial charge in [-0.3, -0.25) is 5.43 Å². The number of hydrogen-bond donors (Lipinski definition) is 3. The van der Waals surface area contributed by atoms with Crippen molar-refractivity contribution in [3.05, 3.63) is 10.7 Å². The molecule has 4 rings (SSSR count). The van der Waals surface area contributed by atoms with E-state index >= 15 is 0 Å². The van der Waals surface area contributed by atoms with Gasteiger partial charge in [0.15, 0.2) is 0 Å². The third-order valence-electron chi connectivity index (χ3n) is 4.91. The second-order valence-corrected chi connectivity index (χ2v) is 6.55. The maximum absolute atomic E-state index is 5.34. The fraction of sp³-hybridized carbons (Fsp3) is 0.667. The number of rotatable bonds is 3. The first kappa shape index (κ1) is 11.0. The number of nitrogens with zero attached hydrogens (tertiary/aromatic N) is 2. The van der Waals surface area contributed by atoms with Crippen LogP contribution in [0.5, 0.6) is 0 Å². The smallest absolute Gasteiger partial charge is 0.239 e. The van der Waals surface area contributed by atoms with Crippen LogP contribution in [-0.4, -0.2) is 16.0 Å². The summed E-state index contributed by atoms with van der Waals surface area (Å²) in [7, 11) is 0. The summed E-state index contributed by atoms with van der Waals surface area (Å²) >= 11 is 3.49. The number of hydrogen-bond acceptors (Lipinski definition) is 5. The highest BCUT2D eigenvalue weighted by Crippen LogP contribution is 2.66. The monoisotopic (exact) mass is 309 g/mol. The van der Waals surface area contributed by atoms with Gasteiger partial charge in [0.1, 0.15) is 5.82 Å². The van der Waals surface area contributed by atoms with E-state index in [1.165, 1.54) is 19.3 Å². The van der Waals surface area contributed by atoms with Crippen LogP contribution in [0.25, 0.3) is 0 Å². The molecule has 3 aliphatic carbocycles. The summed E-state index contributed by atoms with van der Waals surface area (Å²) in [6.45, 7) is 0. The van der Waals surface area contributed by atoms with E-state index in [1.54, 1.807) is 6.20 Å². The molecule has 3 fully saturated rings. The maximum atomic E-state index is 5.34. The van der Waals surface area contributed by atoms with Crippen molar-refractivity contribution in [1.29, 1.82) is 0 Å². The Bertz CT molecular complexity index is 477. The summed E-state index contributed by atoms with van der Waals surface area (Å²) < 4.78 is 0.902. The van der Waals surface area contributed by atoms with Gasteiger partial charge < -0.3 is 5.32 Å². The van der Waals surface area contributed by atoms with E-state index in [2.05, 4.69) is 36.6 Å². The van der Waals surface area contributed by atoms with Gasteiger partial charge >= 0.3 is 0 Å². The molecule has 0 aromatic carbocycles. The van der Waals surface area contributed by atoms with Crippen molar-refractivity contribution in [2.75, 3.05) is 10.7 Å². The highest BCUT2D eigenvalue weighted by atomic mass is 79.9. The molecule has 4 N–H and O–H groups in total. The molecule has 5 nitrogen and oxygen atoms in total. The van der Waals surface area contributed by atoms with E-state index < -0.39 is 0 Å². The number of anilines is 2. The van der Waals surface area contributed by atoms with Crippen molar-refractivity contribution >= 4 is 27.7 Å². The van der Waals surface area contributed by atoms with Crippen LogP contribution in [0.4, 0.5) is 11.8 Å². The molecule has 0 spiro atoms. The highest BCUT2D eigenvalue weighted by molar-refractivity contribution is 9.10. The fourth-order valence-electron chi connectivity index (χ4n) is 4.21. The molecule has 1 aromatic heterocycles. The van der Waals surface area contributed by atoms with Crippen LogP contribution in [0.1, 0.15) is 19.3 Å². The molecule has 1 heterocycles. The van der Waals surface area contributed by atoms with Gasteiger partial charge in [-0.2, -0.15) is 4.98 Å².